The molecule has 3 amide bonds. The Kier molecular flexibility index (Phi) is 7.73. The van der Waals surface area contributed by atoms with Crippen molar-refractivity contribution >= 4 is 22.1 Å². The molecule has 1 atom stereocenters. The number of likely N-dealkylation sites (tertiary alicyclic amines) is 1. The minimum absolute atomic E-state index is 0.105. The highest BCUT2D eigenvalue weighted by Crippen LogP contribution is 2.15. The largest absolute Gasteiger partial charge is 0.338 e. The van der Waals surface area contributed by atoms with Gasteiger partial charge in [0.15, 0.2) is 0 Å². The molecule has 5 N–H and O–H groups in total. The van der Waals surface area contributed by atoms with Gasteiger partial charge in [0.1, 0.15) is 0 Å². The van der Waals surface area contributed by atoms with Crippen LogP contribution in [0.2, 0.25) is 0 Å². The Morgan fingerprint density at radius 2 is 2.09 bits per heavy atom. The quantitative estimate of drug-likeness (QED) is 0.460. The van der Waals surface area contributed by atoms with Crippen molar-refractivity contribution in [1.82, 2.24) is 20.3 Å². The smallest absolute Gasteiger partial charge is 0.321 e. The molecule has 0 bridgehead atoms. The first-order valence-corrected chi connectivity index (χ1v) is 8.92. The SMILES string of the molecule is CCCNC(=O)NC(=O)CN1CCC[C@@H](CNS(N)(=O)=O)C1. The lowest BCUT2D eigenvalue weighted by Crippen LogP contribution is -2.48. The fourth-order valence-electron chi connectivity index (χ4n) is 2.35. The number of nitrogens with two attached hydrogens (primary N) is 1. The summed E-state index contributed by atoms with van der Waals surface area (Å²) < 4.78 is 24.1. The second-order valence-electron chi connectivity index (χ2n) is 5.44. The number of carbonyl (C=O) groups excluding carboxylic acids is 2. The lowest BCUT2D eigenvalue weighted by molar-refractivity contribution is -0.121. The summed E-state index contributed by atoms with van der Waals surface area (Å²) in [5, 5.41) is 9.74. The van der Waals surface area contributed by atoms with Gasteiger partial charge >= 0.3 is 6.03 Å². The van der Waals surface area contributed by atoms with E-state index in [-0.39, 0.29) is 24.9 Å². The third-order valence-corrected chi connectivity index (χ3v) is 3.90. The van der Waals surface area contributed by atoms with Gasteiger partial charge in [-0.3, -0.25) is 15.0 Å². The van der Waals surface area contributed by atoms with Crippen LogP contribution in [-0.2, 0) is 15.0 Å². The molecule has 0 aliphatic carbocycles. The van der Waals surface area contributed by atoms with Crippen LogP contribution in [0.25, 0.3) is 0 Å². The van der Waals surface area contributed by atoms with Crippen LogP contribution in [0.5, 0.6) is 0 Å². The Morgan fingerprint density at radius 1 is 1.36 bits per heavy atom. The summed E-state index contributed by atoms with van der Waals surface area (Å²) >= 11 is 0. The summed E-state index contributed by atoms with van der Waals surface area (Å²) in [5.41, 5.74) is 0. The number of imide groups is 1. The number of amides is 3. The van der Waals surface area contributed by atoms with E-state index in [1.807, 2.05) is 11.8 Å². The van der Waals surface area contributed by atoms with E-state index in [1.165, 1.54) is 0 Å². The van der Waals surface area contributed by atoms with Crippen LogP contribution in [0.4, 0.5) is 4.79 Å². The number of hydrogen-bond donors (Lipinski definition) is 4. The number of nitrogens with zero attached hydrogens (tertiary/aromatic N) is 1. The molecular formula is C12H25N5O4S. The van der Waals surface area contributed by atoms with Crippen molar-refractivity contribution in [3.8, 4) is 0 Å². The molecule has 1 saturated heterocycles. The molecule has 22 heavy (non-hydrogen) atoms. The molecule has 128 valence electrons. The van der Waals surface area contributed by atoms with Gasteiger partial charge in [-0.1, -0.05) is 6.92 Å². The predicted molar refractivity (Wildman–Crippen MR) is 82.1 cm³/mol. The zero-order valence-electron chi connectivity index (χ0n) is 12.8. The van der Waals surface area contributed by atoms with Gasteiger partial charge in [-0.25, -0.2) is 14.7 Å². The molecule has 0 aromatic heterocycles. The second-order valence-corrected chi connectivity index (χ2v) is 6.82. The molecule has 10 heteroatoms. The van der Waals surface area contributed by atoms with Crippen LogP contribution in [0.1, 0.15) is 26.2 Å². The van der Waals surface area contributed by atoms with Crippen molar-refractivity contribution < 1.29 is 18.0 Å². The number of piperidine rings is 1. The molecular weight excluding hydrogens is 310 g/mol. The van der Waals surface area contributed by atoms with Crippen molar-refractivity contribution in [2.75, 3.05) is 32.7 Å². The third kappa shape index (κ3) is 8.27. The standard InChI is InChI=1S/C12H25N5O4S/c1-2-5-14-12(19)16-11(18)9-17-6-3-4-10(8-17)7-15-22(13,20)21/h10,15H,2-9H2,1H3,(H2,13,20,21)(H2,14,16,18,19)/t10-/m0/s1. The molecule has 1 aliphatic rings. The van der Waals surface area contributed by atoms with Crippen molar-refractivity contribution in [2.45, 2.75) is 26.2 Å². The van der Waals surface area contributed by atoms with E-state index in [0.717, 1.165) is 25.8 Å². The van der Waals surface area contributed by atoms with Gasteiger partial charge in [0.05, 0.1) is 6.54 Å². The van der Waals surface area contributed by atoms with Crippen LogP contribution in [0, 0.1) is 5.92 Å². The maximum Gasteiger partial charge on any atom is 0.321 e. The van der Waals surface area contributed by atoms with Gasteiger partial charge in [0.25, 0.3) is 10.2 Å². The van der Waals surface area contributed by atoms with Crippen molar-refractivity contribution in [3.05, 3.63) is 0 Å². The first kappa shape index (κ1) is 18.8. The molecule has 0 saturated carbocycles. The average Bonchev–Trinajstić information content (AvgIpc) is 2.42. The van der Waals surface area contributed by atoms with Crippen LogP contribution in [-0.4, -0.2) is 58.0 Å². The zero-order chi connectivity index (χ0) is 16.6. The Bertz CT molecular complexity index is 482. The number of urea groups is 1. The summed E-state index contributed by atoms with van der Waals surface area (Å²) in [5.74, 6) is -0.262. The summed E-state index contributed by atoms with van der Waals surface area (Å²) in [6, 6.07) is -0.490. The Labute approximate surface area is 131 Å². The summed E-state index contributed by atoms with van der Waals surface area (Å²) in [7, 11) is -3.69. The number of hydrogen-bond acceptors (Lipinski definition) is 5. The molecule has 1 aliphatic heterocycles. The molecule has 9 nitrogen and oxygen atoms in total. The van der Waals surface area contributed by atoms with Crippen LogP contribution in [0.3, 0.4) is 0 Å². The molecule has 0 aromatic rings. The highest BCUT2D eigenvalue weighted by molar-refractivity contribution is 7.87. The minimum Gasteiger partial charge on any atom is -0.338 e. The van der Waals surface area contributed by atoms with Crippen LogP contribution < -0.4 is 20.5 Å². The fraction of sp³-hybridized carbons (Fsp3) is 0.833. The van der Waals surface area contributed by atoms with E-state index < -0.39 is 16.2 Å². The van der Waals surface area contributed by atoms with E-state index in [0.29, 0.717) is 13.1 Å². The molecule has 0 aromatic carbocycles. The van der Waals surface area contributed by atoms with Gasteiger partial charge in [-0.15, -0.1) is 0 Å². The lowest BCUT2D eigenvalue weighted by Gasteiger charge is -2.32. The third-order valence-electron chi connectivity index (χ3n) is 3.33. The monoisotopic (exact) mass is 335 g/mol. The van der Waals surface area contributed by atoms with Gasteiger partial charge in [0, 0.05) is 19.6 Å². The van der Waals surface area contributed by atoms with E-state index in [9.17, 15) is 18.0 Å². The van der Waals surface area contributed by atoms with Crippen molar-refractivity contribution in [1.29, 1.82) is 0 Å². The second kappa shape index (κ2) is 9.03. The van der Waals surface area contributed by atoms with E-state index in [1.54, 1.807) is 0 Å². The first-order chi connectivity index (χ1) is 10.3. The molecule has 0 unspecified atom stereocenters. The molecule has 0 spiro atoms. The topological polar surface area (TPSA) is 134 Å². The predicted octanol–water partition coefficient (Wildman–Crippen LogP) is -1.27. The normalized spacial score (nSPS) is 19.6. The van der Waals surface area contributed by atoms with Crippen LogP contribution in [0.15, 0.2) is 0 Å². The molecule has 1 heterocycles. The number of rotatable bonds is 7. The van der Waals surface area contributed by atoms with Crippen molar-refractivity contribution in [3.63, 3.8) is 0 Å². The maximum atomic E-state index is 11.8. The fourth-order valence-corrected chi connectivity index (χ4v) is 2.82. The molecule has 0 radical (unpaired) electrons. The molecule has 1 fully saturated rings. The van der Waals surface area contributed by atoms with Crippen LogP contribution >= 0.6 is 0 Å². The van der Waals surface area contributed by atoms with E-state index in [2.05, 4.69) is 15.4 Å². The maximum absolute atomic E-state index is 11.8. The minimum atomic E-state index is -3.69. The van der Waals surface area contributed by atoms with E-state index >= 15 is 0 Å². The van der Waals surface area contributed by atoms with E-state index in [4.69, 9.17) is 5.14 Å². The Hall–Kier alpha value is -1.23. The Balaban J connectivity index is 2.33. The van der Waals surface area contributed by atoms with Crippen molar-refractivity contribution in [2.24, 2.45) is 11.1 Å². The highest BCUT2D eigenvalue weighted by Gasteiger charge is 2.22. The van der Waals surface area contributed by atoms with Gasteiger partial charge in [0.2, 0.25) is 5.91 Å². The van der Waals surface area contributed by atoms with Gasteiger partial charge < -0.3 is 5.32 Å². The first-order valence-electron chi connectivity index (χ1n) is 7.37. The number of nitrogens with one attached hydrogen (secondary N) is 3. The average molecular weight is 335 g/mol. The summed E-state index contributed by atoms with van der Waals surface area (Å²) in [4.78, 5) is 25.0. The zero-order valence-corrected chi connectivity index (χ0v) is 13.6. The molecule has 1 rings (SSSR count). The Morgan fingerprint density at radius 3 is 2.73 bits per heavy atom. The van der Waals surface area contributed by atoms with Gasteiger partial charge in [-0.2, -0.15) is 8.42 Å². The summed E-state index contributed by atoms with van der Waals surface area (Å²) in [6.07, 6.45) is 2.54. The highest BCUT2D eigenvalue weighted by atomic mass is 32.2. The van der Waals surface area contributed by atoms with Gasteiger partial charge in [-0.05, 0) is 31.7 Å². The lowest BCUT2D eigenvalue weighted by atomic mass is 9.98. The number of carbonyl (C=O) groups is 2. The summed E-state index contributed by atoms with van der Waals surface area (Å²) in [6.45, 7) is 4.15.